The molecule has 0 atom stereocenters. The monoisotopic (exact) mass is 1400 g/mol. The van der Waals surface area contributed by atoms with Crippen molar-refractivity contribution in [3.05, 3.63) is 408 Å². The highest BCUT2D eigenvalue weighted by Crippen LogP contribution is 2.44. The Balaban J connectivity index is 0.000000200. The van der Waals surface area contributed by atoms with E-state index >= 15 is 0 Å². The minimum absolute atomic E-state index is 0. The van der Waals surface area contributed by atoms with E-state index in [4.69, 9.17) is 0 Å². The van der Waals surface area contributed by atoms with Crippen LogP contribution in [0, 0.1) is 41.5 Å². The van der Waals surface area contributed by atoms with Crippen molar-refractivity contribution >= 4 is 72.8 Å². The molecule has 15 aromatic carbocycles. The molecule has 15 aromatic rings. The molecule has 508 valence electrons. The predicted octanol–water partition coefficient (Wildman–Crippen LogP) is 29.4. The Bertz CT molecular complexity index is 4690. The zero-order chi connectivity index (χ0) is 69.4. The topological polar surface area (TPSA) is 30.5 Å². The van der Waals surface area contributed by atoms with E-state index in [1.165, 1.54) is 100 Å². The fourth-order valence-corrected chi connectivity index (χ4v) is 12.9. The third-order valence-electron chi connectivity index (χ3n) is 18.0. The molecule has 0 amide bonds. The maximum atomic E-state index is 3.64. The molecule has 103 heavy (non-hydrogen) atoms. The molecular formula is C98H89BrN4. The highest BCUT2D eigenvalue weighted by molar-refractivity contribution is 9.10. The van der Waals surface area contributed by atoms with E-state index in [-0.39, 0.29) is 14.9 Å². The minimum atomic E-state index is 0. The van der Waals surface area contributed by atoms with E-state index in [1.807, 2.05) is 36.4 Å². The van der Waals surface area contributed by atoms with Crippen molar-refractivity contribution in [3.63, 3.8) is 0 Å². The van der Waals surface area contributed by atoms with Crippen molar-refractivity contribution in [3.8, 4) is 66.8 Å². The summed E-state index contributed by atoms with van der Waals surface area (Å²) >= 11 is 3.64. The van der Waals surface area contributed by atoms with Crippen molar-refractivity contribution in [2.45, 2.75) is 56.4 Å². The Morgan fingerprint density at radius 3 is 0.612 bits per heavy atom. The number of anilines is 10. The summed E-state index contributed by atoms with van der Waals surface area (Å²) in [5.41, 5.74) is 32.8. The highest BCUT2D eigenvalue weighted by atomic mass is 79.9. The zero-order valence-electron chi connectivity index (χ0n) is 58.0. The van der Waals surface area contributed by atoms with E-state index in [2.05, 4.69) is 412 Å². The second kappa shape index (κ2) is 34.4. The number of nitrogens with zero attached hydrogens (tertiary/aromatic N) is 2. The molecular weight excluding hydrogens is 1310 g/mol. The summed E-state index contributed by atoms with van der Waals surface area (Å²) < 4.78 is 1.11. The number of hydrogen-bond acceptors (Lipinski definition) is 4. The highest BCUT2D eigenvalue weighted by Gasteiger charge is 2.20. The minimum Gasteiger partial charge on any atom is -0.356 e. The van der Waals surface area contributed by atoms with Gasteiger partial charge in [0.15, 0.2) is 0 Å². The van der Waals surface area contributed by atoms with E-state index in [1.54, 1.807) is 0 Å². The molecule has 0 aliphatic carbocycles. The quantitative estimate of drug-likeness (QED) is 0.101. The van der Waals surface area contributed by atoms with Crippen molar-refractivity contribution < 1.29 is 0 Å². The molecule has 2 N–H and O–H groups in total. The van der Waals surface area contributed by atoms with Gasteiger partial charge in [-0.15, -0.1) is 0 Å². The van der Waals surface area contributed by atoms with Crippen LogP contribution in [-0.4, -0.2) is 0 Å². The van der Waals surface area contributed by atoms with E-state index < -0.39 is 0 Å². The van der Waals surface area contributed by atoms with Gasteiger partial charge in [-0.1, -0.05) is 283 Å². The Kier molecular flexibility index (Phi) is 24.1. The standard InChI is InChI=1S/C58H48N2.C20H17Br.C18H16N2.2CH4/c1-41-15-23-45(24-16-41)49-35-50(46-25-17-42(2)18-26-46)38-57(37-49)59(53-11-7-5-8-12-53)55-31-33-56(34-32-55)60(54-13-9-6-10-14-54)58-39-51(47-27-19-43(3)20-28-47)36-52(40-58)48-29-21-44(4)22-30-48;1-14-3-7-16(8-4-14)18-11-19(13-20(21)12-18)17-9-5-15(2)6-10-17;1-3-7-15(8-4-1)19-17-11-13-18(14-12-17)20-16-9-5-2-6-10-16;;/h5-40H,1-4H3;3-13H,1-2H3;1-14,19-20H;2*1H4. The number of rotatable bonds is 16. The number of hydrogen-bond donors (Lipinski definition) is 2. The number of aryl methyl sites for hydroxylation is 6. The van der Waals surface area contributed by atoms with Crippen LogP contribution < -0.4 is 20.4 Å². The van der Waals surface area contributed by atoms with Gasteiger partial charge in [0.1, 0.15) is 0 Å². The molecule has 5 heteroatoms. The molecule has 15 rings (SSSR count). The van der Waals surface area contributed by atoms with Crippen LogP contribution in [-0.2, 0) is 0 Å². The van der Waals surface area contributed by atoms with Gasteiger partial charge < -0.3 is 20.4 Å². The Morgan fingerprint density at radius 2 is 0.379 bits per heavy atom. The molecule has 0 radical (unpaired) electrons. The first-order valence-electron chi connectivity index (χ1n) is 34.4. The summed E-state index contributed by atoms with van der Waals surface area (Å²) in [6, 6.07) is 132. The SMILES string of the molecule is C.C.Cc1ccc(-c2cc(-c3ccc(C)cc3)cc(N(c3ccccc3)c3ccc(N(c4ccccc4)c4cc(-c5ccc(C)cc5)cc(-c5ccc(C)cc5)c4)cc3)c2)cc1.Cc1ccc(-c2cc(Br)cc(-c3ccc(C)cc3)c2)cc1.c1ccc(Nc2ccc(Nc3ccccc3)cc2)cc1. The van der Waals surface area contributed by atoms with Crippen LogP contribution in [0.2, 0.25) is 0 Å². The lowest BCUT2D eigenvalue weighted by atomic mass is 9.96. The molecule has 0 bridgehead atoms. The Hall–Kier alpha value is -12.0. The van der Waals surface area contributed by atoms with Crippen LogP contribution in [0.1, 0.15) is 48.2 Å². The summed E-state index contributed by atoms with van der Waals surface area (Å²) in [4.78, 5) is 4.75. The summed E-state index contributed by atoms with van der Waals surface area (Å²) in [6.07, 6.45) is 0. The largest absolute Gasteiger partial charge is 0.356 e. The van der Waals surface area contributed by atoms with Gasteiger partial charge >= 0.3 is 0 Å². The third-order valence-corrected chi connectivity index (χ3v) is 18.4. The van der Waals surface area contributed by atoms with E-state index in [0.29, 0.717) is 0 Å². The normalized spacial score (nSPS) is 10.5. The first-order valence-corrected chi connectivity index (χ1v) is 35.2. The van der Waals surface area contributed by atoms with E-state index in [0.717, 1.165) is 61.3 Å². The van der Waals surface area contributed by atoms with Crippen molar-refractivity contribution in [2.24, 2.45) is 0 Å². The van der Waals surface area contributed by atoms with Gasteiger partial charge in [-0.2, -0.15) is 0 Å². The Morgan fingerprint density at radius 1 is 0.184 bits per heavy atom. The first-order chi connectivity index (χ1) is 49.4. The lowest BCUT2D eigenvalue weighted by Crippen LogP contribution is -2.12. The lowest BCUT2D eigenvalue weighted by Gasteiger charge is -2.29. The first kappa shape index (κ1) is 72.2. The molecule has 0 unspecified atom stereocenters. The zero-order valence-corrected chi connectivity index (χ0v) is 59.6. The van der Waals surface area contributed by atoms with Gasteiger partial charge in [0.05, 0.1) is 0 Å². The number of para-hydroxylation sites is 4. The number of nitrogens with one attached hydrogen (secondary N) is 2. The maximum Gasteiger partial charge on any atom is 0.0473 e. The second-order valence-corrected chi connectivity index (χ2v) is 26.8. The fraction of sp³-hybridized carbons (Fsp3) is 0.0816. The molecule has 4 nitrogen and oxygen atoms in total. The van der Waals surface area contributed by atoms with Gasteiger partial charge in [0.2, 0.25) is 0 Å². The summed E-state index contributed by atoms with van der Waals surface area (Å²) in [7, 11) is 0. The molecule has 0 heterocycles. The maximum absolute atomic E-state index is 3.64. The van der Waals surface area contributed by atoms with Crippen LogP contribution in [0.3, 0.4) is 0 Å². The average molecular weight is 1400 g/mol. The van der Waals surface area contributed by atoms with Crippen LogP contribution >= 0.6 is 15.9 Å². The molecule has 0 saturated heterocycles. The number of halogens is 1. The van der Waals surface area contributed by atoms with Crippen molar-refractivity contribution in [2.75, 3.05) is 20.4 Å². The lowest BCUT2D eigenvalue weighted by molar-refractivity contribution is 1.26. The van der Waals surface area contributed by atoms with Crippen LogP contribution in [0.25, 0.3) is 66.8 Å². The van der Waals surface area contributed by atoms with Gasteiger partial charge in [0, 0.05) is 61.3 Å². The summed E-state index contributed by atoms with van der Waals surface area (Å²) in [5, 5.41) is 6.73. The molecule has 0 spiro atoms. The predicted molar refractivity (Wildman–Crippen MR) is 450 cm³/mol. The van der Waals surface area contributed by atoms with Crippen molar-refractivity contribution in [1.29, 1.82) is 0 Å². The Labute approximate surface area is 620 Å². The van der Waals surface area contributed by atoms with E-state index in [9.17, 15) is 0 Å². The van der Waals surface area contributed by atoms with Gasteiger partial charge in [-0.3, -0.25) is 0 Å². The summed E-state index contributed by atoms with van der Waals surface area (Å²) in [6.45, 7) is 12.8. The van der Waals surface area contributed by atoms with Gasteiger partial charge in [0.25, 0.3) is 0 Å². The van der Waals surface area contributed by atoms with Gasteiger partial charge in [-0.25, -0.2) is 0 Å². The molecule has 0 aliphatic heterocycles. The molecule has 0 saturated carbocycles. The van der Waals surface area contributed by atoms with Crippen LogP contribution in [0.5, 0.6) is 0 Å². The van der Waals surface area contributed by atoms with Crippen LogP contribution in [0.15, 0.2) is 375 Å². The second-order valence-electron chi connectivity index (χ2n) is 25.9. The molecule has 0 aliphatic rings. The average Bonchev–Trinajstić information content (AvgIpc) is 0.780. The molecule has 0 fully saturated rings. The van der Waals surface area contributed by atoms with Crippen LogP contribution in [0.4, 0.5) is 56.9 Å². The molecule has 0 aromatic heterocycles. The van der Waals surface area contributed by atoms with Crippen molar-refractivity contribution in [1.82, 2.24) is 0 Å². The third kappa shape index (κ3) is 18.9. The summed E-state index contributed by atoms with van der Waals surface area (Å²) in [5.74, 6) is 0. The number of benzene rings is 15. The smallest absolute Gasteiger partial charge is 0.0473 e. The fourth-order valence-electron chi connectivity index (χ4n) is 12.4. The van der Waals surface area contributed by atoms with Gasteiger partial charge in [-0.05, 0) is 260 Å².